The smallest absolute Gasteiger partial charge is 0.273 e. The van der Waals surface area contributed by atoms with Crippen molar-refractivity contribution >= 4 is 11.6 Å². The van der Waals surface area contributed by atoms with Gasteiger partial charge in [-0.25, -0.2) is 19.3 Å². The second-order valence-electron chi connectivity index (χ2n) is 7.31. The Labute approximate surface area is 193 Å². The molecule has 3 aromatic heterocycles. The van der Waals surface area contributed by atoms with Crippen molar-refractivity contribution in [3.05, 3.63) is 97.2 Å². The molecule has 9 nitrogen and oxygen atoms in total. The average Bonchev–Trinajstić information content (AvgIpc) is 3.51. The summed E-state index contributed by atoms with van der Waals surface area (Å²) >= 11 is 0. The van der Waals surface area contributed by atoms with Crippen LogP contribution in [0.15, 0.2) is 85.7 Å². The normalized spacial score (nSPS) is 10.8. The highest BCUT2D eigenvalue weighted by Crippen LogP contribution is 2.24. The zero-order valence-electron chi connectivity index (χ0n) is 18.0. The first-order valence-electron chi connectivity index (χ1n) is 10.2. The number of benzene rings is 2. The molecule has 2 aromatic carbocycles. The van der Waals surface area contributed by atoms with Crippen LogP contribution in [0.5, 0.6) is 11.6 Å². The molecule has 1 amide bonds. The van der Waals surface area contributed by atoms with E-state index in [4.69, 9.17) is 4.74 Å². The molecule has 0 bridgehead atoms. The van der Waals surface area contributed by atoms with Crippen molar-refractivity contribution in [3.8, 4) is 28.7 Å². The lowest BCUT2D eigenvalue weighted by Crippen LogP contribution is -2.15. The highest BCUT2D eigenvalue weighted by Gasteiger charge is 2.15. The number of hydrogen-bond acceptors (Lipinski definition) is 6. The van der Waals surface area contributed by atoms with E-state index in [-0.39, 0.29) is 11.7 Å². The van der Waals surface area contributed by atoms with Gasteiger partial charge in [0.1, 0.15) is 35.7 Å². The van der Waals surface area contributed by atoms with Crippen molar-refractivity contribution in [2.45, 2.75) is 0 Å². The topological polar surface area (TPSA) is 99.8 Å². The Morgan fingerprint density at radius 3 is 2.56 bits per heavy atom. The number of ether oxygens (including phenoxy) is 1. The van der Waals surface area contributed by atoms with Gasteiger partial charge in [0.25, 0.3) is 5.91 Å². The van der Waals surface area contributed by atoms with Gasteiger partial charge in [-0.05, 0) is 54.6 Å². The number of nitrogens with one attached hydrogen (secondary N) is 1. The van der Waals surface area contributed by atoms with Crippen LogP contribution in [-0.4, -0.2) is 35.2 Å². The number of aromatic nitrogens is 6. The van der Waals surface area contributed by atoms with E-state index in [1.54, 1.807) is 78.9 Å². The minimum atomic E-state index is -0.330. The number of imidazole rings is 1. The van der Waals surface area contributed by atoms with Crippen molar-refractivity contribution in [3.63, 3.8) is 0 Å². The Bertz CT molecular complexity index is 1430. The minimum Gasteiger partial charge on any atom is -0.439 e. The quantitative estimate of drug-likeness (QED) is 0.411. The van der Waals surface area contributed by atoms with E-state index in [2.05, 4.69) is 25.4 Å². The van der Waals surface area contributed by atoms with Gasteiger partial charge in [0, 0.05) is 36.8 Å². The first-order chi connectivity index (χ1) is 16.5. The van der Waals surface area contributed by atoms with Crippen LogP contribution in [0.4, 0.5) is 10.1 Å². The molecule has 5 aromatic rings. The Morgan fingerprint density at radius 1 is 1.03 bits per heavy atom. The lowest BCUT2D eigenvalue weighted by Gasteiger charge is -2.08. The van der Waals surface area contributed by atoms with Crippen LogP contribution in [-0.2, 0) is 7.05 Å². The molecule has 0 saturated carbocycles. The van der Waals surface area contributed by atoms with Gasteiger partial charge in [0.15, 0.2) is 0 Å². The van der Waals surface area contributed by atoms with Crippen LogP contribution in [0.1, 0.15) is 10.5 Å². The summed E-state index contributed by atoms with van der Waals surface area (Å²) in [6.45, 7) is 0. The average molecular weight is 455 g/mol. The second kappa shape index (κ2) is 8.94. The highest BCUT2D eigenvalue weighted by atomic mass is 19.1. The van der Waals surface area contributed by atoms with Gasteiger partial charge in [0.05, 0.1) is 5.69 Å². The van der Waals surface area contributed by atoms with Gasteiger partial charge in [-0.15, -0.1) is 0 Å². The van der Waals surface area contributed by atoms with E-state index in [9.17, 15) is 9.18 Å². The van der Waals surface area contributed by atoms with E-state index >= 15 is 0 Å². The SMILES string of the molecule is Cn1nc(-c2ccc(F)cc2)cc1C(=O)Nc1ccc(Oc2cc(-n3ccnc3)ncn2)cc1. The maximum Gasteiger partial charge on any atom is 0.273 e. The molecular weight excluding hydrogens is 437 g/mol. The summed E-state index contributed by atoms with van der Waals surface area (Å²) in [6, 6.07) is 16.2. The van der Waals surface area contributed by atoms with Crippen LogP contribution < -0.4 is 10.1 Å². The molecule has 0 spiro atoms. The monoisotopic (exact) mass is 455 g/mol. The van der Waals surface area contributed by atoms with Gasteiger partial charge in [-0.3, -0.25) is 14.0 Å². The number of aryl methyl sites for hydroxylation is 1. The van der Waals surface area contributed by atoms with Crippen molar-refractivity contribution in [1.29, 1.82) is 0 Å². The zero-order chi connectivity index (χ0) is 23.5. The van der Waals surface area contributed by atoms with Gasteiger partial charge in [-0.1, -0.05) is 0 Å². The molecule has 0 radical (unpaired) electrons. The van der Waals surface area contributed by atoms with E-state index in [1.807, 2.05) is 0 Å². The van der Waals surface area contributed by atoms with Gasteiger partial charge in [0.2, 0.25) is 5.88 Å². The van der Waals surface area contributed by atoms with Crippen molar-refractivity contribution in [1.82, 2.24) is 29.3 Å². The summed E-state index contributed by atoms with van der Waals surface area (Å²) in [4.78, 5) is 25.1. The zero-order valence-corrected chi connectivity index (χ0v) is 18.0. The van der Waals surface area contributed by atoms with Crippen molar-refractivity contribution in [2.24, 2.45) is 7.05 Å². The second-order valence-corrected chi connectivity index (χ2v) is 7.31. The number of hydrogen-bond donors (Lipinski definition) is 1. The highest BCUT2D eigenvalue weighted by molar-refractivity contribution is 6.03. The van der Waals surface area contributed by atoms with Crippen LogP contribution >= 0.6 is 0 Å². The van der Waals surface area contributed by atoms with Crippen LogP contribution in [0.3, 0.4) is 0 Å². The largest absolute Gasteiger partial charge is 0.439 e. The molecular formula is C24H18FN7O2. The lowest BCUT2D eigenvalue weighted by molar-refractivity contribution is 0.101. The van der Waals surface area contributed by atoms with Crippen molar-refractivity contribution in [2.75, 3.05) is 5.32 Å². The number of amides is 1. The van der Waals surface area contributed by atoms with E-state index in [1.165, 1.54) is 23.1 Å². The number of anilines is 1. The summed E-state index contributed by atoms with van der Waals surface area (Å²) in [5, 5.41) is 7.20. The third-order valence-electron chi connectivity index (χ3n) is 4.98. The first-order valence-corrected chi connectivity index (χ1v) is 10.2. The van der Waals surface area contributed by atoms with Gasteiger partial charge in [-0.2, -0.15) is 5.10 Å². The number of carbonyl (C=O) groups is 1. The molecule has 0 aliphatic rings. The maximum absolute atomic E-state index is 13.2. The third-order valence-corrected chi connectivity index (χ3v) is 4.98. The van der Waals surface area contributed by atoms with Gasteiger partial charge < -0.3 is 10.1 Å². The Hall–Kier alpha value is -4.86. The molecule has 1 N–H and O–H groups in total. The molecule has 10 heteroatoms. The molecule has 0 atom stereocenters. The fraction of sp³-hybridized carbons (Fsp3) is 0.0417. The fourth-order valence-electron chi connectivity index (χ4n) is 3.29. The summed E-state index contributed by atoms with van der Waals surface area (Å²) < 4.78 is 22.2. The summed E-state index contributed by atoms with van der Waals surface area (Å²) in [6.07, 6.45) is 6.47. The molecule has 34 heavy (non-hydrogen) atoms. The Kier molecular flexibility index (Phi) is 5.53. The molecule has 0 aliphatic carbocycles. The summed E-state index contributed by atoms with van der Waals surface area (Å²) in [5.41, 5.74) is 2.26. The molecule has 168 valence electrons. The molecule has 3 heterocycles. The first kappa shape index (κ1) is 21.0. The molecule has 0 saturated heterocycles. The number of carbonyl (C=O) groups excluding carboxylic acids is 1. The number of halogens is 1. The van der Waals surface area contributed by atoms with Crippen LogP contribution in [0, 0.1) is 5.82 Å². The van der Waals surface area contributed by atoms with E-state index in [0.717, 1.165) is 5.56 Å². The standard InChI is InChI=1S/C24H18FN7O2/c1-31-21(12-20(30-31)16-2-4-17(25)5-3-16)24(33)29-18-6-8-19(9-7-18)34-23-13-22(27-14-28-23)32-11-10-26-15-32/h2-15H,1H3,(H,29,33). The fourth-order valence-corrected chi connectivity index (χ4v) is 3.29. The Morgan fingerprint density at radius 2 is 1.82 bits per heavy atom. The summed E-state index contributed by atoms with van der Waals surface area (Å²) in [5.74, 6) is 0.898. The minimum absolute atomic E-state index is 0.321. The van der Waals surface area contributed by atoms with Crippen molar-refractivity contribution < 1.29 is 13.9 Å². The van der Waals surface area contributed by atoms with Crippen LogP contribution in [0.2, 0.25) is 0 Å². The third kappa shape index (κ3) is 4.51. The predicted molar refractivity (Wildman–Crippen MR) is 122 cm³/mol. The molecule has 0 unspecified atom stereocenters. The number of nitrogens with zero attached hydrogens (tertiary/aromatic N) is 6. The summed E-state index contributed by atoms with van der Waals surface area (Å²) in [7, 11) is 1.68. The van der Waals surface area contributed by atoms with Crippen LogP contribution in [0.25, 0.3) is 17.1 Å². The molecule has 0 aliphatic heterocycles. The van der Waals surface area contributed by atoms with Gasteiger partial charge >= 0.3 is 0 Å². The van der Waals surface area contributed by atoms with E-state index < -0.39 is 0 Å². The Balaban J connectivity index is 1.26. The predicted octanol–water partition coefficient (Wildman–Crippen LogP) is 4.25. The van der Waals surface area contributed by atoms with E-state index in [0.29, 0.717) is 34.5 Å². The molecule has 5 rings (SSSR count). The lowest BCUT2D eigenvalue weighted by atomic mass is 10.1. The number of rotatable bonds is 6. The maximum atomic E-state index is 13.2. The molecule has 0 fully saturated rings.